The van der Waals surface area contributed by atoms with E-state index in [1.807, 2.05) is 0 Å². The first-order valence-electron chi connectivity index (χ1n) is 5.09. The van der Waals surface area contributed by atoms with Crippen molar-refractivity contribution in [3.8, 4) is 5.82 Å². The molecule has 0 amide bonds. The minimum Gasteiger partial charge on any atom is -0.381 e. The van der Waals surface area contributed by atoms with Crippen molar-refractivity contribution in [2.45, 2.75) is 19.3 Å². The van der Waals surface area contributed by atoms with Crippen LogP contribution in [0.5, 0.6) is 0 Å². The van der Waals surface area contributed by atoms with Crippen LogP contribution in [0.2, 0.25) is 5.02 Å². The zero-order valence-corrected chi connectivity index (χ0v) is 9.28. The molecule has 0 radical (unpaired) electrons. The number of nitrogens with two attached hydrogens (primary N) is 1. The molecule has 2 N–H and O–H groups in total. The average Bonchev–Trinajstić information content (AvgIpc) is 2.85. The number of fused-ring (bicyclic) bond motifs is 1. The molecule has 16 heavy (non-hydrogen) atoms. The molecule has 2 aromatic rings. The Morgan fingerprint density at radius 1 is 1.31 bits per heavy atom. The van der Waals surface area contributed by atoms with E-state index in [1.54, 1.807) is 17.2 Å². The Kier molecular flexibility index (Phi) is 2.07. The molecule has 0 unspecified atom stereocenters. The summed E-state index contributed by atoms with van der Waals surface area (Å²) in [5, 5.41) is 4.58. The number of nitrogens with zero attached hydrogens (tertiary/aromatic N) is 4. The highest BCUT2D eigenvalue weighted by Gasteiger charge is 2.19. The maximum Gasteiger partial charge on any atom is 0.164 e. The van der Waals surface area contributed by atoms with Gasteiger partial charge in [-0.1, -0.05) is 11.6 Å². The third-order valence-electron chi connectivity index (χ3n) is 2.77. The van der Waals surface area contributed by atoms with E-state index in [0.29, 0.717) is 10.8 Å². The summed E-state index contributed by atoms with van der Waals surface area (Å²) >= 11 is 5.88. The Bertz CT molecular complexity index is 529. The number of aryl methyl sites for hydroxylation is 1. The first kappa shape index (κ1) is 9.59. The summed E-state index contributed by atoms with van der Waals surface area (Å²) in [5.74, 6) is 1.12. The lowest BCUT2D eigenvalue weighted by Crippen LogP contribution is -2.05. The van der Waals surface area contributed by atoms with Gasteiger partial charge < -0.3 is 5.73 Å². The molecule has 2 heterocycles. The second kappa shape index (κ2) is 3.45. The van der Waals surface area contributed by atoms with Crippen molar-refractivity contribution in [1.29, 1.82) is 0 Å². The second-order valence-electron chi connectivity index (χ2n) is 3.78. The minimum atomic E-state index is 0.326. The summed E-state index contributed by atoms with van der Waals surface area (Å²) < 4.78 is 1.63. The number of nitrogen functional groups attached to an aromatic ring is 1. The highest BCUT2D eigenvalue weighted by molar-refractivity contribution is 6.32. The van der Waals surface area contributed by atoms with Crippen molar-refractivity contribution in [2.75, 3.05) is 5.73 Å². The highest BCUT2D eigenvalue weighted by Crippen LogP contribution is 2.26. The monoisotopic (exact) mass is 235 g/mol. The molecule has 0 saturated carbocycles. The summed E-state index contributed by atoms with van der Waals surface area (Å²) in [6.07, 6.45) is 6.35. The zero-order chi connectivity index (χ0) is 11.1. The van der Waals surface area contributed by atoms with Gasteiger partial charge in [-0.15, -0.1) is 5.10 Å². The topological polar surface area (TPSA) is 69.6 Å². The van der Waals surface area contributed by atoms with E-state index in [-0.39, 0.29) is 0 Å². The van der Waals surface area contributed by atoms with Crippen molar-refractivity contribution >= 4 is 17.4 Å². The molecule has 6 heteroatoms. The van der Waals surface area contributed by atoms with Crippen LogP contribution < -0.4 is 5.73 Å². The number of anilines is 1. The number of hydrogen-bond donors (Lipinski definition) is 1. The highest BCUT2D eigenvalue weighted by atomic mass is 35.5. The van der Waals surface area contributed by atoms with Crippen LogP contribution in [-0.4, -0.2) is 19.7 Å². The van der Waals surface area contributed by atoms with Crippen molar-refractivity contribution in [2.24, 2.45) is 0 Å². The van der Waals surface area contributed by atoms with E-state index >= 15 is 0 Å². The number of aromatic nitrogens is 4. The van der Waals surface area contributed by atoms with E-state index in [1.165, 1.54) is 0 Å². The van der Waals surface area contributed by atoms with Gasteiger partial charge in [-0.25, -0.2) is 14.6 Å². The lowest BCUT2D eigenvalue weighted by molar-refractivity contribution is 0.823. The largest absolute Gasteiger partial charge is 0.381 e. The van der Waals surface area contributed by atoms with Crippen LogP contribution >= 0.6 is 11.6 Å². The van der Waals surface area contributed by atoms with E-state index < -0.39 is 0 Å². The van der Waals surface area contributed by atoms with E-state index in [0.717, 1.165) is 36.3 Å². The predicted molar refractivity (Wildman–Crippen MR) is 60.6 cm³/mol. The Hall–Kier alpha value is -1.62. The van der Waals surface area contributed by atoms with Crippen LogP contribution in [0.15, 0.2) is 12.5 Å². The summed E-state index contributed by atoms with van der Waals surface area (Å²) in [6, 6.07) is 0. The fourth-order valence-electron chi connectivity index (χ4n) is 2.01. The molecule has 0 atom stereocenters. The van der Waals surface area contributed by atoms with E-state index in [2.05, 4.69) is 15.1 Å². The molecule has 1 aliphatic rings. The zero-order valence-electron chi connectivity index (χ0n) is 8.52. The van der Waals surface area contributed by atoms with Gasteiger partial charge in [0.2, 0.25) is 0 Å². The van der Waals surface area contributed by atoms with Crippen LogP contribution in [-0.2, 0) is 12.8 Å². The predicted octanol–water partition coefficient (Wildman–Crippen LogP) is 1.39. The smallest absolute Gasteiger partial charge is 0.164 e. The average molecular weight is 236 g/mol. The Labute approximate surface area is 97.3 Å². The second-order valence-corrected chi connectivity index (χ2v) is 4.19. The molecule has 0 aromatic carbocycles. The molecule has 0 saturated heterocycles. The van der Waals surface area contributed by atoms with Gasteiger partial charge >= 0.3 is 0 Å². The molecular formula is C10H10ClN5. The molecule has 1 aliphatic carbocycles. The van der Waals surface area contributed by atoms with Gasteiger partial charge in [-0.2, -0.15) is 0 Å². The summed E-state index contributed by atoms with van der Waals surface area (Å²) in [7, 11) is 0. The quantitative estimate of drug-likeness (QED) is 0.811. The molecule has 3 rings (SSSR count). The molecule has 0 bridgehead atoms. The van der Waals surface area contributed by atoms with E-state index in [4.69, 9.17) is 17.3 Å². The van der Waals surface area contributed by atoms with Crippen molar-refractivity contribution < 1.29 is 0 Å². The van der Waals surface area contributed by atoms with Gasteiger partial charge in [0, 0.05) is 11.3 Å². The number of hydrogen-bond acceptors (Lipinski definition) is 4. The minimum absolute atomic E-state index is 0.326. The van der Waals surface area contributed by atoms with Crippen molar-refractivity contribution in [3.05, 3.63) is 28.8 Å². The third-order valence-corrected chi connectivity index (χ3v) is 3.06. The normalized spacial score (nSPS) is 14.1. The first-order valence-corrected chi connectivity index (χ1v) is 5.47. The molecule has 2 aromatic heterocycles. The van der Waals surface area contributed by atoms with Gasteiger partial charge in [0.1, 0.15) is 11.3 Å². The van der Waals surface area contributed by atoms with E-state index in [9.17, 15) is 0 Å². The van der Waals surface area contributed by atoms with Crippen LogP contribution in [0.3, 0.4) is 0 Å². The standard InChI is InChI=1S/C10H10ClN5/c11-7-4-16(15-9(7)12)10-6-2-1-3-8(6)13-5-14-10/h4-5H,1-3H2,(H2,12,15). The Morgan fingerprint density at radius 3 is 2.94 bits per heavy atom. The summed E-state index contributed by atoms with van der Waals surface area (Å²) in [5.41, 5.74) is 7.88. The SMILES string of the molecule is Nc1nn(-c2ncnc3c2CCC3)cc1Cl. The lowest BCUT2D eigenvalue weighted by Gasteiger charge is -2.05. The van der Waals surface area contributed by atoms with Crippen molar-refractivity contribution in [3.63, 3.8) is 0 Å². The number of halogens is 1. The molecule has 0 aliphatic heterocycles. The fraction of sp³-hybridized carbons (Fsp3) is 0.300. The van der Waals surface area contributed by atoms with Gasteiger partial charge in [0.25, 0.3) is 0 Å². The van der Waals surface area contributed by atoms with Crippen LogP contribution in [0.4, 0.5) is 5.82 Å². The maximum absolute atomic E-state index is 5.88. The summed E-state index contributed by atoms with van der Waals surface area (Å²) in [6.45, 7) is 0. The van der Waals surface area contributed by atoms with Crippen LogP contribution in [0, 0.1) is 0 Å². The number of rotatable bonds is 1. The van der Waals surface area contributed by atoms with Gasteiger partial charge in [0.15, 0.2) is 11.6 Å². The lowest BCUT2D eigenvalue weighted by atomic mass is 10.2. The Morgan fingerprint density at radius 2 is 2.19 bits per heavy atom. The van der Waals surface area contributed by atoms with Gasteiger partial charge in [0.05, 0.1) is 6.20 Å². The molecule has 82 valence electrons. The van der Waals surface area contributed by atoms with Crippen LogP contribution in [0.25, 0.3) is 5.82 Å². The van der Waals surface area contributed by atoms with Crippen LogP contribution in [0.1, 0.15) is 17.7 Å². The molecule has 0 spiro atoms. The van der Waals surface area contributed by atoms with Gasteiger partial charge in [-0.3, -0.25) is 0 Å². The molecule has 5 nitrogen and oxygen atoms in total. The fourth-order valence-corrected chi connectivity index (χ4v) is 2.14. The molecular weight excluding hydrogens is 226 g/mol. The third kappa shape index (κ3) is 1.36. The Balaban J connectivity index is 2.17. The van der Waals surface area contributed by atoms with Crippen molar-refractivity contribution in [1.82, 2.24) is 19.7 Å². The molecule has 0 fully saturated rings. The summed E-state index contributed by atoms with van der Waals surface area (Å²) in [4.78, 5) is 8.51. The van der Waals surface area contributed by atoms with Gasteiger partial charge in [-0.05, 0) is 19.3 Å². The maximum atomic E-state index is 5.88. The first-order chi connectivity index (χ1) is 7.75.